The van der Waals surface area contributed by atoms with E-state index in [-0.39, 0.29) is 39.5 Å². The van der Waals surface area contributed by atoms with Gasteiger partial charge in [-0.3, -0.25) is 4.79 Å². The van der Waals surface area contributed by atoms with Crippen molar-refractivity contribution in [3.05, 3.63) is 80.4 Å². The highest BCUT2D eigenvalue weighted by atomic mass is 35.5. The quantitative estimate of drug-likeness (QED) is 0.299. The minimum absolute atomic E-state index is 0.00575. The Hall–Kier alpha value is -3.68. The van der Waals surface area contributed by atoms with Crippen LogP contribution < -0.4 is 24.4 Å². The zero-order valence-electron chi connectivity index (χ0n) is 18.3. The molecule has 7 nitrogen and oxygen atoms in total. The Kier molecular flexibility index (Phi) is 6.68. The van der Waals surface area contributed by atoms with Crippen molar-refractivity contribution in [1.29, 1.82) is 0 Å². The van der Waals surface area contributed by atoms with Crippen LogP contribution in [0.5, 0.6) is 23.0 Å². The van der Waals surface area contributed by atoms with Crippen LogP contribution >= 0.6 is 23.2 Å². The van der Waals surface area contributed by atoms with Crippen molar-refractivity contribution in [2.24, 2.45) is 0 Å². The second-order valence-corrected chi connectivity index (χ2v) is 7.86. The Labute approximate surface area is 204 Å². The van der Waals surface area contributed by atoms with E-state index in [0.29, 0.717) is 21.4 Å². The van der Waals surface area contributed by atoms with Crippen LogP contribution in [-0.4, -0.2) is 27.3 Å². The first kappa shape index (κ1) is 23.5. The highest BCUT2D eigenvalue weighted by molar-refractivity contribution is 6.33. The van der Waals surface area contributed by atoms with Gasteiger partial charge in [-0.2, -0.15) is 0 Å². The zero-order chi connectivity index (χ0) is 24.4. The number of benzene rings is 3. The molecular formula is C25H18Cl2O7. The van der Waals surface area contributed by atoms with Gasteiger partial charge >= 0.3 is 5.97 Å². The van der Waals surface area contributed by atoms with E-state index in [1.165, 1.54) is 39.5 Å². The van der Waals surface area contributed by atoms with Gasteiger partial charge in [0.25, 0.3) is 0 Å². The Bertz CT molecular complexity index is 1430. The van der Waals surface area contributed by atoms with Crippen LogP contribution in [0.3, 0.4) is 0 Å². The molecule has 4 rings (SSSR count). The second-order valence-electron chi connectivity index (χ2n) is 7.01. The summed E-state index contributed by atoms with van der Waals surface area (Å²) < 4.78 is 27.4. The topological polar surface area (TPSA) is 84.2 Å². The van der Waals surface area contributed by atoms with Crippen LogP contribution in [0.4, 0.5) is 0 Å². The van der Waals surface area contributed by atoms with Crippen molar-refractivity contribution in [2.75, 3.05) is 21.3 Å². The lowest BCUT2D eigenvalue weighted by Gasteiger charge is -2.15. The Morgan fingerprint density at radius 2 is 1.53 bits per heavy atom. The molecule has 0 bridgehead atoms. The first-order valence-corrected chi connectivity index (χ1v) is 10.7. The van der Waals surface area contributed by atoms with E-state index in [1.807, 2.05) is 0 Å². The normalized spacial score (nSPS) is 10.7. The fraction of sp³-hybridized carbons (Fsp3) is 0.120. The lowest BCUT2D eigenvalue weighted by atomic mass is 10.1. The molecule has 3 aromatic carbocycles. The Morgan fingerprint density at radius 3 is 2.15 bits per heavy atom. The summed E-state index contributed by atoms with van der Waals surface area (Å²) in [5.41, 5.74) is 0.118. The molecule has 0 amide bonds. The fourth-order valence-electron chi connectivity index (χ4n) is 3.42. The van der Waals surface area contributed by atoms with Crippen molar-refractivity contribution < 1.29 is 28.2 Å². The van der Waals surface area contributed by atoms with E-state index in [9.17, 15) is 9.59 Å². The predicted molar refractivity (Wildman–Crippen MR) is 129 cm³/mol. The van der Waals surface area contributed by atoms with Crippen LogP contribution in [0.1, 0.15) is 10.4 Å². The van der Waals surface area contributed by atoms with Crippen LogP contribution in [0, 0.1) is 0 Å². The third-order valence-electron chi connectivity index (χ3n) is 5.02. The van der Waals surface area contributed by atoms with Crippen molar-refractivity contribution in [3.63, 3.8) is 0 Å². The molecule has 4 aromatic rings. The molecule has 0 spiro atoms. The number of methoxy groups -OCH3 is 3. The number of carbonyl (C=O) groups is 1. The van der Waals surface area contributed by atoms with Crippen molar-refractivity contribution in [1.82, 2.24) is 0 Å². The van der Waals surface area contributed by atoms with Gasteiger partial charge in [0.15, 0.2) is 17.3 Å². The monoisotopic (exact) mass is 500 g/mol. The van der Waals surface area contributed by atoms with Crippen molar-refractivity contribution in [2.45, 2.75) is 0 Å². The predicted octanol–water partition coefficient (Wildman–Crippen LogP) is 6.01. The number of hydrogen-bond acceptors (Lipinski definition) is 7. The smallest absolute Gasteiger partial charge is 0.344 e. The maximum absolute atomic E-state index is 13.4. The molecule has 0 fully saturated rings. The average Bonchev–Trinajstić information content (AvgIpc) is 2.85. The summed E-state index contributed by atoms with van der Waals surface area (Å²) in [6.45, 7) is 0. The van der Waals surface area contributed by atoms with Gasteiger partial charge < -0.3 is 23.4 Å². The number of rotatable bonds is 6. The summed E-state index contributed by atoms with van der Waals surface area (Å²) in [5, 5.41) is 0.784. The molecule has 0 N–H and O–H groups in total. The van der Waals surface area contributed by atoms with Crippen LogP contribution in [0.25, 0.3) is 22.3 Å². The van der Waals surface area contributed by atoms with Gasteiger partial charge in [-0.25, -0.2) is 4.79 Å². The minimum atomic E-state index is -0.846. The number of fused-ring (bicyclic) bond motifs is 1. The average molecular weight is 501 g/mol. The van der Waals surface area contributed by atoms with E-state index < -0.39 is 11.4 Å². The van der Waals surface area contributed by atoms with Crippen molar-refractivity contribution in [3.8, 4) is 34.3 Å². The fourth-order valence-corrected chi connectivity index (χ4v) is 3.81. The van der Waals surface area contributed by atoms with Gasteiger partial charge in [0.05, 0.1) is 37.3 Å². The molecular weight excluding hydrogens is 483 g/mol. The van der Waals surface area contributed by atoms with Gasteiger partial charge in [0.1, 0.15) is 5.58 Å². The maximum atomic E-state index is 13.4. The van der Waals surface area contributed by atoms with Gasteiger partial charge in [0.2, 0.25) is 16.9 Å². The Balaban J connectivity index is 1.90. The number of esters is 1. The third kappa shape index (κ3) is 4.27. The second kappa shape index (κ2) is 9.67. The molecule has 0 saturated heterocycles. The molecule has 1 aromatic heterocycles. The van der Waals surface area contributed by atoms with Gasteiger partial charge in [-0.05, 0) is 42.5 Å². The number of hydrogen-bond donors (Lipinski definition) is 0. The van der Waals surface area contributed by atoms with Gasteiger partial charge in [-0.1, -0.05) is 35.3 Å². The standard InChI is InChI=1S/C25H18Cl2O7/c1-30-19-10-13(11-20(31-2)23(19)32-3)25(29)34-24-21(28)16-12-14(26)8-9-18(16)33-22(24)15-6-4-5-7-17(15)27/h4-12H,1-3H3. The van der Waals surface area contributed by atoms with Gasteiger partial charge in [-0.15, -0.1) is 0 Å². The van der Waals surface area contributed by atoms with E-state index in [1.54, 1.807) is 36.4 Å². The molecule has 0 atom stereocenters. The molecule has 174 valence electrons. The highest BCUT2D eigenvalue weighted by Gasteiger charge is 2.24. The van der Waals surface area contributed by atoms with Crippen LogP contribution in [0.2, 0.25) is 10.0 Å². The molecule has 34 heavy (non-hydrogen) atoms. The zero-order valence-corrected chi connectivity index (χ0v) is 19.8. The lowest BCUT2D eigenvalue weighted by molar-refractivity contribution is 0.0730. The van der Waals surface area contributed by atoms with E-state index >= 15 is 0 Å². The van der Waals surface area contributed by atoms with E-state index in [4.69, 9.17) is 46.6 Å². The molecule has 0 unspecified atom stereocenters. The SMILES string of the molecule is COc1cc(C(=O)Oc2c(-c3ccccc3Cl)oc3ccc(Cl)cc3c2=O)cc(OC)c1OC. The highest BCUT2D eigenvalue weighted by Crippen LogP contribution is 2.39. The van der Waals surface area contributed by atoms with Crippen LogP contribution in [0.15, 0.2) is 63.8 Å². The van der Waals surface area contributed by atoms with Gasteiger partial charge in [0, 0.05) is 10.6 Å². The lowest BCUT2D eigenvalue weighted by Crippen LogP contribution is -2.16. The number of carbonyl (C=O) groups excluding carboxylic acids is 1. The summed E-state index contributed by atoms with van der Waals surface area (Å²) in [6.07, 6.45) is 0. The molecule has 1 heterocycles. The third-order valence-corrected chi connectivity index (χ3v) is 5.59. The number of ether oxygens (including phenoxy) is 4. The molecule has 0 saturated carbocycles. The number of halogens is 2. The van der Waals surface area contributed by atoms with Crippen LogP contribution in [-0.2, 0) is 0 Å². The summed E-state index contributed by atoms with van der Waals surface area (Å²) >= 11 is 12.4. The molecule has 0 radical (unpaired) electrons. The van der Waals surface area contributed by atoms with E-state index in [0.717, 1.165) is 0 Å². The Morgan fingerprint density at radius 1 is 0.853 bits per heavy atom. The first-order chi connectivity index (χ1) is 16.4. The largest absolute Gasteiger partial charge is 0.493 e. The summed E-state index contributed by atoms with van der Waals surface area (Å²) in [6, 6.07) is 14.2. The molecule has 9 heteroatoms. The summed E-state index contributed by atoms with van der Waals surface area (Å²) in [4.78, 5) is 26.6. The summed E-state index contributed by atoms with van der Waals surface area (Å²) in [5.74, 6) is -0.373. The van der Waals surface area contributed by atoms with Crippen molar-refractivity contribution >= 4 is 40.1 Å². The maximum Gasteiger partial charge on any atom is 0.344 e. The first-order valence-electron chi connectivity index (χ1n) is 9.91. The molecule has 0 aliphatic carbocycles. The molecule has 0 aliphatic heterocycles. The van der Waals surface area contributed by atoms with E-state index in [2.05, 4.69) is 0 Å². The minimum Gasteiger partial charge on any atom is -0.493 e. The molecule has 0 aliphatic rings. The summed E-state index contributed by atoms with van der Waals surface area (Å²) in [7, 11) is 4.28.